The number of aliphatic hydroxyl groups is 2. The third-order valence-corrected chi connectivity index (χ3v) is 13.4. The average molecular weight is 1160 g/mol. The highest BCUT2D eigenvalue weighted by Crippen LogP contribution is 2.26. The molecule has 0 aromatic rings. The van der Waals surface area contributed by atoms with E-state index in [2.05, 4.69) is 161 Å². The molecule has 0 saturated carbocycles. The van der Waals surface area contributed by atoms with Crippen molar-refractivity contribution in [3.05, 3.63) is 146 Å². The molecule has 0 radical (unpaired) electrons. The van der Waals surface area contributed by atoms with Crippen molar-refractivity contribution >= 4 is 23.9 Å². The van der Waals surface area contributed by atoms with Crippen LogP contribution >= 0.6 is 0 Å². The topological polar surface area (TPSA) is 175 Å². The van der Waals surface area contributed by atoms with Crippen LogP contribution in [0, 0.1) is 0 Å². The van der Waals surface area contributed by atoms with Gasteiger partial charge < -0.3 is 39.0 Å². The molecule has 0 aromatic carbocycles. The van der Waals surface area contributed by atoms with Crippen LogP contribution in [0.4, 0.5) is 0 Å². The van der Waals surface area contributed by atoms with Crippen molar-refractivity contribution in [3.8, 4) is 0 Å². The highest BCUT2D eigenvalue weighted by molar-refractivity contribution is 5.74. The maximum Gasteiger partial charge on any atom is 0.335 e. The predicted octanol–water partition coefficient (Wildman–Crippen LogP) is 17.1. The smallest absolute Gasteiger partial charge is 0.335 e. The number of hydrogen-bond donors (Lipinski definition) is 3. The normalized spacial score (nSPS) is 18.6. The predicted molar refractivity (Wildman–Crippen MR) is 339 cm³/mol. The Kier molecular flexibility index (Phi) is 52.0. The summed E-state index contributed by atoms with van der Waals surface area (Å²) in [6.07, 6.45) is 69.5. The third-order valence-electron chi connectivity index (χ3n) is 13.4. The molecular weight excluding hydrogens is 1040 g/mol. The van der Waals surface area contributed by atoms with Crippen LogP contribution in [0.3, 0.4) is 0 Å². The van der Waals surface area contributed by atoms with E-state index in [1.165, 1.54) is 0 Å². The molecule has 1 heterocycles. The fourth-order valence-electron chi connectivity index (χ4n) is 8.64. The largest absolute Gasteiger partial charge is 0.479 e. The number of unbranched alkanes of at least 4 members (excludes halogenated alkanes) is 14. The number of aliphatic hydroxyl groups excluding tert-OH is 2. The standard InChI is InChI=1S/C71H110O12/c1-4-7-10-13-16-19-22-25-28-31-32-35-38-41-44-47-50-53-56-59-65(74)82-69-67(76)66(75)68(70(77)78)83-71(69)80-61-62(81-64(73)58-55-52-49-46-43-40-37-34-30-27-24-21-18-15-12-9-6-3)60-79-63(72)57-54-51-48-45-42-39-36-33-29-26-23-20-17-14-11-8-5-2/h7-12,16-21,25-30,32,35-36,39,45,48,62,66-69,71,75-76H,4-6,13-15,22-24,31,33-34,37-38,40-44,46-47,49-61H2,1-3H3,(H,77,78)/b10-7-,11-8-,12-9-,19-16-,20-17-,21-18-,28-25-,29-26-,30-27-,35-32-,39-36-,48-45-. The number of ether oxygens (including phenoxy) is 5. The Hall–Kier alpha value is -5.40. The lowest BCUT2D eigenvalue weighted by molar-refractivity contribution is -0.301. The molecular formula is C71H110O12. The first kappa shape index (κ1) is 75.6. The quantitative estimate of drug-likeness (QED) is 0.0228. The van der Waals surface area contributed by atoms with Crippen molar-refractivity contribution in [3.63, 3.8) is 0 Å². The Bertz CT molecular complexity index is 2000. The highest BCUT2D eigenvalue weighted by Gasteiger charge is 2.50. The zero-order valence-corrected chi connectivity index (χ0v) is 51.4. The molecule has 6 atom stereocenters. The molecule has 1 saturated heterocycles. The highest BCUT2D eigenvalue weighted by atomic mass is 16.7. The van der Waals surface area contributed by atoms with E-state index in [1.807, 2.05) is 6.08 Å². The van der Waals surface area contributed by atoms with E-state index in [0.29, 0.717) is 25.7 Å². The minimum Gasteiger partial charge on any atom is -0.479 e. The Balaban J connectivity index is 2.73. The van der Waals surface area contributed by atoms with Gasteiger partial charge in [0.15, 0.2) is 24.6 Å². The summed E-state index contributed by atoms with van der Waals surface area (Å²) in [5.74, 6) is -3.25. The number of carbonyl (C=O) groups excluding carboxylic acids is 3. The molecule has 0 spiro atoms. The summed E-state index contributed by atoms with van der Waals surface area (Å²) >= 11 is 0. The lowest BCUT2D eigenvalue weighted by atomic mass is 9.98. The van der Waals surface area contributed by atoms with Gasteiger partial charge in [0.2, 0.25) is 0 Å². The molecule has 0 aliphatic carbocycles. The maximum atomic E-state index is 13.2. The van der Waals surface area contributed by atoms with Crippen LogP contribution < -0.4 is 0 Å². The molecule has 0 amide bonds. The Morgan fingerprint density at radius 1 is 0.398 bits per heavy atom. The van der Waals surface area contributed by atoms with Gasteiger partial charge >= 0.3 is 23.9 Å². The van der Waals surface area contributed by atoms with Gasteiger partial charge in [0.1, 0.15) is 18.8 Å². The lowest BCUT2D eigenvalue weighted by Gasteiger charge is -2.40. The van der Waals surface area contributed by atoms with Crippen molar-refractivity contribution in [2.45, 2.75) is 263 Å². The van der Waals surface area contributed by atoms with Gasteiger partial charge in [-0.1, -0.05) is 224 Å². The summed E-state index contributed by atoms with van der Waals surface area (Å²) in [6.45, 7) is 5.60. The summed E-state index contributed by atoms with van der Waals surface area (Å²) in [5.41, 5.74) is 0. The van der Waals surface area contributed by atoms with Gasteiger partial charge in [-0.05, 0) is 128 Å². The van der Waals surface area contributed by atoms with Crippen LogP contribution in [-0.2, 0) is 42.9 Å². The molecule has 1 aliphatic heterocycles. The summed E-state index contributed by atoms with van der Waals surface area (Å²) in [7, 11) is 0. The second-order valence-corrected chi connectivity index (χ2v) is 20.9. The van der Waals surface area contributed by atoms with Crippen LogP contribution in [0.25, 0.3) is 0 Å². The summed E-state index contributed by atoms with van der Waals surface area (Å²) in [6, 6.07) is 0. The fourth-order valence-corrected chi connectivity index (χ4v) is 8.64. The van der Waals surface area contributed by atoms with Gasteiger partial charge in [-0.3, -0.25) is 14.4 Å². The minimum absolute atomic E-state index is 0.0291. The van der Waals surface area contributed by atoms with E-state index < -0.39 is 67.3 Å². The monoisotopic (exact) mass is 1150 g/mol. The van der Waals surface area contributed by atoms with Gasteiger partial charge in [0, 0.05) is 19.3 Å². The van der Waals surface area contributed by atoms with Crippen molar-refractivity contribution in [2.24, 2.45) is 0 Å². The van der Waals surface area contributed by atoms with Crippen molar-refractivity contribution in [1.82, 2.24) is 0 Å². The SMILES string of the molecule is CC/C=C\C/C=C\C/C=C\C/C=C\C/C=C\CCCC(=O)OCC(COC1OC(C(=O)O)C(O)C(O)C1OC(=O)CCCCCCCC/C=C\C/C=C\C/C=C\C/C=C\CC)OC(=O)CCCCCCCCC/C=C\C/C=C\C/C=C\CC. The van der Waals surface area contributed by atoms with Crippen LogP contribution in [-0.4, -0.2) is 89.2 Å². The average Bonchev–Trinajstić information content (AvgIpc) is 3.58. The number of carboxylic acid groups (broad SMARTS) is 1. The molecule has 0 aromatic heterocycles. The summed E-state index contributed by atoms with van der Waals surface area (Å²) in [5, 5.41) is 31.6. The van der Waals surface area contributed by atoms with E-state index in [1.54, 1.807) is 0 Å². The van der Waals surface area contributed by atoms with E-state index in [-0.39, 0.29) is 25.9 Å². The number of allylic oxidation sites excluding steroid dienone is 24. The Labute approximate surface area is 502 Å². The lowest BCUT2D eigenvalue weighted by Crippen LogP contribution is -2.61. The number of esters is 3. The fraction of sp³-hybridized carbons (Fsp3) is 0.606. The third kappa shape index (κ3) is 46.6. The van der Waals surface area contributed by atoms with Crippen molar-refractivity contribution in [1.29, 1.82) is 0 Å². The number of hydrogen-bond acceptors (Lipinski definition) is 11. The van der Waals surface area contributed by atoms with Crippen LogP contribution in [0.2, 0.25) is 0 Å². The van der Waals surface area contributed by atoms with Gasteiger partial charge in [0.05, 0.1) is 6.61 Å². The molecule has 1 fully saturated rings. The number of carbonyl (C=O) groups is 4. The minimum atomic E-state index is -1.93. The molecule has 1 aliphatic rings. The summed E-state index contributed by atoms with van der Waals surface area (Å²) < 4.78 is 28.4. The first-order valence-corrected chi connectivity index (χ1v) is 31.8. The van der Waals surface area contributed by atoms with E-state index in [9.17, 15) is 34.5 Å². The molecule has 1 rings (SSSR count). The summed E-state index contributed by atoms with van der Waals surface area (Å²) in [4.78, 5) is 51.3. The van der Waals surface area contributed by atoms with Gasteiger partial charge in [0.25, 0.3) is 0 Å². The van der Waals surface area contributed by atoms with E-state index in [4.69, 9.17) is 23.7 Å². The molecule has 83 heavy (non-hydrogen) atoms. The zero-order chi connectivity index (χ0) is 60.3. The molecule has 3 N–H and O–H groups in total. The second-order valence-electron chi connectivity index (χ2n) is 20.9. The van der Waals surface area contributed by atoms with E-state index >= 15 is 0 Å². The van der Waals surface area contributed by atoms with Gasteiger partial charge in [-0.25, -0.2) is 4.79 Å². The van der Waals surface area contributed by atoms with Crippen LogP contribution in [0.15, 0.2) is 146 Å². The molecule has 466 valence electrons. The maximum absolute atomic E-state index is 13.2. The van der Waals surface area contributed by atoms with Crippen LogP contribution in [0.5, 0.6) is 0 Å². The van der Waals surface area contributed by atoms with Crippen molar-refractivity contribution in [2.75, 3.05) is 13.2 Å². The second kappa shape index (κ2) is 57.1. The van der Waals surface area contributed by atoms with Gasteiger partial charge in [-0.15, -0.1) is 0 Å². The number of carboxylic acids is 1. The molecule has 12 heteroatoms. The van der Waals surface area contributed by atoms with Crippen LogP contribution in [0.1, 0.15) is 226 Å². The molecule has 12 nitrogen and oxygen atoms in total. The first-order chi connectivity index (χ1) is 40.6. The number of aliphatic carboxylic acids is 1. The first-order valence-electron chi connectivity index (χ1n) is 31.8. The van der Waals surface area contributed by atoms with Gasteiger partial charge in [-0.2, -0.15) is 0 Å². The Morgan fingerprint density at radius 2 is 0.735 bits per heavy atom. The van der Waals surface area contributed by atoms with E-state index in [0.717, 1.165) is 161 Å². The number of rotatable bonds is 52. The Morgan fingerprint density at radius 3 is 1.13 bits per heavy atom. The molecule has 0 bridgehead atoms. The molecule has 6 unspecified atom stereocenters. The van der Waals surface area contributed by atoms with Crippen molar-refractivity contribution < 1.29 is 58.2 Å². The zero-order valence-electron chi connectivity index (χ0n) is 51.4.